The minimum atomic E-state index is -1.18. The lowest BCUT2D eigenvalue weighted by Crippen LogP contribution is -2.13. The first-order valence-corrected chi connectivity index (χ1v) is 4.94. The van der Waals surface area contributed by atoms with Crippen molar-refractivity contribution < 1.29 is 14.7 Å². The van der Waals surface area contributed by atoms with Crippen molar-refractivity contribution in [3.05, 3.63) is 48.3 Å². The SMILES string of the molecule is CC=CC=CC(=O)Nc1cccnc1C(=O)O. The van der Waals surface area contributed by atoms with Crippen LogP contribution in [0, 0.1) is 0 Å². The summed E-state index contributed by atoms with van der Waals surface area (Å²) in [4.78, 5) is 25.9. The van der Waals surface area contributed by atoms with Crippen LogP contribution in [0.4, 0.5) is 5.69 Å². The number of aromatic carboxylic acids is 1. The van der Waals surface area contributed by atoms with E-state index in [1.807, 2.05) is 6.92 Å². The van der Waals surface area contributed by atoms with Crippen molar-refractivity contribution in [1.82, 2.24) is 4.98 Å². The fourth-order valence-corrected chi connectivity index (χ4v) is 1.11. The third-order valence-electron chi connectivity index (χ3n) is 1.82. The summed E-state index contributed by atoms with van der Waals surface area (Å²) in [6, 6.07) is 3.04. The van der Waals surface area contributed by atoms with Crippen LogP contribution in [0.25, 0.3) is 0 Å². The van der Waals surface area contributed by atoms with Gasteiger partial charge in [-0.2, -0.15) is 0 Å². The Balaban J connectivity index is 2.81. The number of anilines is 1. The van der Waals surface area contributed by atoms with Crippen molar-refractivity contribution in [2.45, 2.75) is 6.92 Å². The number of pyridine rings is 1. The molecule has 1 heterocycles. The van der Waals surface area contributed by atoms with Crippen molar-refractivity contribution in [2.24, 2.45) is 0 Å². The highest BCUT2D eigenvalue weighted by Gasteiger charge is 2.11. The Morgan fingerprint density at radius 2 is 2.18 bits per heavy atom. The van der Waals surface area contributed by atoms with E-state index >= 15 is 0 Å². The van der Waals surface area contributed by atoms with Crippen LogP contribution in [-0.4, -0.2) is 22.0 Å². The van der Waals surface area contributed by atoms with Crippen molar-refractivity contribution in [3.8, 4) is 0 Å². The van der Waals surface area contributed by atoms with Gasteiger partial charge in [0.2, 0.25) is 5.91 Å². The Hall–Kier alpha value is -2.43. The number of nitrogens with zero attached hydrogens (tertiary/aromatic N) is 1. The van der Waals surface area contributed by atoms with Crippen LogP contribution >= 0.6 is 0 Å². The molecular formula is C12H12N2O3. The molecule has 0 unspecified atom stereocenters. The number of carbonyl (C=O) groups is 2. The minimum Gasteiger partial charge on any atom is -0.476 e. The molecule has 0 aliphatic heterocycles. The van der Waals surface area contributed by atoms with Gasteiger partial charge < -0.3 is 10.4 Å². The number of carbonyl (C=O) groups excluding carboxylic acids is 1. The lowest BCUT2D eigenvalue weighted by atomic mass is 10.3. The van der Waals surface area contributed by atoms with Gasteiger partial charge in [0, 0.05) is 12.3 Å². The monoisotopic (exact) mass is 232 g/mol. The summed E-state index contributed by atoms with van der Waals surface area (Å²) in [7, 11) is 0. The number of amides is 1. The lowest BCUT2D eigenvalue weighted by Gasteiger charge is -2.04. The molecular weight excluding hydrogens is 220 g/mol. The molecule has 5 heteroatoms. The van der Waals surface area contributed by atoms with Crippen LogP contribution in [0.15, 0.2) is 42.6 Å². The second-order valence-corrected chi connectivity index (χ2v) is 3.08. The highest BCUT2D eigenvalue weighted by atomic mass is 16.4. The van der Waals surface area contributed by atoms with E-state index in [1.54, 1.807) is 24.3 Å². The molecule has 0 aromatic carbocycles. The number of allylic oxidation sites excluding steroid dienone is 3. The number of carboxylic acid groups (broad SMARTS) is 1. The van der Waals surface area contributed by atoms with Crippen LogP contribution in [0.5, 0.6) is 0 Å². The quantitative estimate of drug-likeness (QED) is 0.613. The van der Waals surface area contributed by atoms with Gasteiger partial charge in [-0.3, -0.25) is 4.79 Å². The van der Waals surface area contributed by atoms with Crippen LogP contribution in [-0.2, 0) is 4.79 Å². The molecule has 0 bridgehead atoms. The molecule has 5 nitrogen and oxygen atoms in total. The zero-order valence-electron chi connectivity index (χ0n) is 9.25. The van der Waals surface area contributed by atoms with Gasteiger partial charge in [0.05, 0.1) is 5.69 Å². The minimum absolute atomic E-state index is 0.176. The van der Waals surface area contributed by atoms with Crippen LogP contribution in [0.1, 0.15) is 17.4 Å². The van der Waals surface area contributed by atoms with Crippen molar-refractivity contribution in [1.29, 1.82) is 0 Å². The van der Waals surface area contributed by atoms with Gasteiger partial charge in [-0.15, -0.1) is 0 Å². The third-order valence-corrected chi connectivity index (χ3v) is 1.82. The molecule has 1 aromatic heterocycles. The summed E-state index contributed by atoms with van der Waals surface area (Å²) in [6.07, 6.45) is 7.69. The van der Waals surface area contributed by atoms with Crippen LogP contribution < -0.4 is 5.32 Å². The highest BCUT2D eigenvalue weighted by molar-refractivity contribution is 6.03. The van der Waals surface area contributed by atoms with Crippen LogP contribution in [0.3, 0.4) is 0 Å². The Labute approximate surface area is 98.5 Å². The first-order chi connectivity index (χ1) is 8.15. The lowest BCUT2D eigenvalue weighted by molar-refractivity contribution is -0.111. The molecule has 88 valence electrons. The maximum absolute atomic E-state index is 11.4. The van der Waals surface area contributed by atoms with Crippen molar-refractivity contribution in [3.63, 3.8) is 0 Å². The number of nitrogens with one attached hydrogen (secondary N) is 1. The summed E-state index contributed by atoms with van der Waals surface area (Å²) in [5.74, 6) is -1.59. The van der Waals surface area contributed by atoms with Gasteiger partial charge in [0.25, 0.3) is 0 Å². The highest BCUT2D eigenvalue weighted by Crippen LogP contribution is 2.11. The zero-order valence-corrected chi connectivity index (χ0v) is 9.25. The largest absolute Gasteiger partial charge is 0.476 e. The average molecular weight is 232 g/mol. The van der Waals surface area contributed by atoms with Gasteiger partial charge in [0.1, 0.15) is 0 Å². The molecule has 1 aromatic rings. The third kappa shape index (κ3) is 3.90. The number of aromatic nitrogens is 1. The maximum Gasteiger partial charge on any atom is 0.356 e. The predicted molar refractivity (Wildman–Crippen MR) is 63.8 cm³/mol. The first-order valence-electron chi connectivity index (χ1n) is 4.94. The van der Waals surface area contributed by atoms with E-state index < -0.39 is 11.9 Å². The molecule has 1 rings (SSSR count). The van der Waals surface area contributed by atoms with E-state index in [2.05, 4.69) is 10.3 Å². The Bertz CT molecular complexity index is 478. The number of hydrogen-bond donors (Lipinski definition) is 2. The molecule has 17 heavy (non-hydrogen) atoms. The van der Waals surface area contributed by atoms with E-state index in [0.717, 1.165) is 0 Å². The molecule has 0 aliphatic carbocycles. The summed E-state index contributed by atoms with van der Waals surface area (Å²) in [6.45, 7) is 1.83. The number of hydrogen-bond acceptors (Lipinski definition) is 3. The standard InChI is InChI=1S/C12H12N2O3/c1-2-3-4-7-10(15)14-9-6-5-8-13-11(9)12(16)17/h2-8H,1H3,(H,14,15)(H,16,17). The number of rotatable bonds is 4. The van der Waals surface area contributed by atoms with E-state index in [0.29, 0.717) is 0 Å². The van der Waals surface area contributed by atoms with E-state index in [9.17, 15) is 9.59 Å². The zero-order chi connectivity index (χ0) is 12.7. The van der Waals surface area contributed by atoms with Gasteiger partial charge in [-0.05, 0) is 19.1 Å². The smallest absolute Gasteiger partial charge is 0.356 e. The summed E-state index contributed by atoms with van der Waals surface area (Å²) in [5, 5.41) is 11.3. The first kappa shape index (κ1) is 12.6. The van der Waals surface area contributed by atoms with E-state index in [4.69, 9.17) is 5.11 Å². The Kier molecular flexibility index (Phi) is 4.62. The summed E-state index contributed by atoms with van der Waals surface area (Å²) < 4.78 is 0. The van der Waals surface area contributed by atoms with E-state index in [-0.39, 0.29) is 11.4 Å². The molecule has 2 N–H and O–H groups in total. The van der Waals surface area contributed by atoms with E-state index in [1.165, 1.54) is 18.3 Å². The normalized spacial score (nSPS) is 10.9. The average Bonchev–Trinajstić information content (AvgIpc) is 2.29. The molecule has 0 fully saturated rings. The second-order valence-electron chi connectivity index (χ2n) is 3.08. The van der Waals surface area contributed by atoms with Crippen molar-refractivity contribution >= 4 is 17.6 Å². The fraction of sp³-hybridized carbons (Fsp3) is 0.0833. The number of carboxylic acids is 1. The van der Waals surface area contributed by atoms with Crippen LogP contribution in [0.2, 0.25) is 0 Å². The molecule has 0 aliphatic rings. The molecule has 0 saturated heterocycles. The molecule has 1 amide bonds. The molecule has 0 saturated carbocycles. The van der Waals surface area contributed by atoms with Gasteiger partial charge in [-0.1, -0.05) is 18.2 Å². The van der Waals surface area contributed by atoms with Gasteiger partial charge in [0.15, 0.2) is 5.69 Å². The maximum atomic E-state index is 11.4. The molecule has 0 atom stereocenters. The van der Waals surface area contributed by atoms with Gasteiger partial charge >= 0.3 is 5.97 Å². The molecule has 0 radical (unpaired) electrons. The summed E-state index contributed by atoms with van der Waals surface area (Å²) in [5.41, 5.74) is -0.00425. The summed E-state index contributed by atoms with van der Waals surface area (Å²) >= 11 is 0. The van der Waals surface area contributed by atoms with Crippen molar-refractivity contribution in [2.75, 3.05) is 5.32 Å². The predicted octanol–water partition coefficient (Wildman–Crippen LogP) is 1.85. The topological polar surface area (TPSA) is 79.3 Å². The fourth-order valence-electron chi connectivity index (χ4n) is 1.11. The Morgan fingerprint density at radius 3 is 2.82 bits per heavy atom. The van der Waals surface area contributed by atoms with Gasteiger partial charge in [-0.25, -0.2) is 9.78 Å². The molecule has 0 spiro atoms. The Morgan fingerprint density at radius 1 is 1.41 bits per heavy atom. The second kappa shape index (κ2) is 6.22.